The molecular weight excluding hydrogens is 812 g/mol. The maximum Gasteiger partial charge on any atom is 0.414 e. The normalized spacial score (nSPS) is 16.3. The highest BCUT2D eigenvalue weighted by atomic mass is 79.9. The van der Waals surface area contributed by atoms with Crippen molar-refractivity contribution in [2.75, 3.05) is 6.61 Å². The molecule has 2 heterocycles. The molecule has 1 aliphatic rings. The standard InChI is InChI=1S/C38H36BrClF4N6O5/c1-22(2)17-38(25-11-13-26(39)14-12-25)33(52)49(35(48-38)47-36(53)55-19-23-8-6-5-7-9-23)29(20-54-30(51)18-37(3,4)32(41)42)24-10-15-28(40)27(16-24)31-45-21-46-50(31)34(43)44/h5-16,21,29,32,34H,1,17-20H2,2-4H3,(H,47,48,53)/t29-,38-/m1/s1. The summed E-state index contributed by atoms with van der Waals surface area (Å²) in [5, 5.41) is 6.15. The second kappa shape index (κ2) is 17.1. The summed E-state index contributed by atoms with van der Waals surface area (Å²) in [5.41, 5.74) is -1.70. The number of esters is 1. The zero-order chi connectivity index (χ0) is 40.1. The van der Waals surface area contributed by atoms with Crippen LogP contribution in [0.4, 0.5) is 22.4 Å². The quantitative estimate of drug-likeness (QED) is 0.0763. The molecule has 290 valence electrons. The largest absolute Gasteiger partial charge is 0.463 e. The van der Waals surface area contributed by atoms with Crippen LogP contribution in [0, 0.1) is 5.41 Å². The van der Waals surface area contributed by atoms with Crippen molar-refractivity contribution in [3.63, 3.8) is 0 Å². The van der Waals surface area contributed by atoms with E-state index in [9.17, 15) is 27.2 Å². The molecule has 0 unspecified atom stereocenters. The van der Waals surface area contributed by atoms with E-state index >= 15 is 4.79 Å². The third-order valence-electron chi connectivity index (χ3n) is 8.68. The van der Waals surface area contributed by atoms with E-state index in [2.05, 4.69) is 37.9 Å². The van der Waals surface area contributed by atoms with Crippen LogP contribution >= 0.6 is 27.5 Å². The highest BCUT2D eigenvalue weighted by Crippen LogP contribution is 2.43. The van der Waals surface area contributed by atoms with Gasteiger partial charge in [0.25, 0.3) is 5.91 Å². The van der Waals surface area contributed by atoms with E-state index in [-0.39, 0.29) is 41.0 Å². The summed E-state index contributed by atoms with van der Waals surface area (Å²) in [6, 6.07) is 18.4. The summed E-state index contributed by atoms with van der Waals surface area (Å²) in [7, 11) is 0. The lowest BCUT2D eigenvalue weighted by molar-refractivity contribution is -0.152. The van der Waals surface area contributed by atoms with Gasteiger partial charge in [-0.1, -0.05) is 95.5 Å². The fourth-order valence-electron chi connectivity index (χ4n) is 5.87. The van der Waals surface area contributed by atoms with Gasteiger partial charge in [0.05, 0.1) is 17.5 Å². The number of alkyl carbamates (subject to hydrolysis) is 1. The molecule has 0 spiro atoms. The first-order valence-corrected chi connectivity index (χ1v) is 17.9. The highest BCUT2D eigenvalue weighted by Gasteiger charge is 2.53. The van der Waals surface area contributed by atoms with Crippen molar-refractivity contribution in [3.05, 3.63) is 117 Å². The molecule has 2 atom stereocenters. The molecule has 0 bridgehead atoms. The second-order valence-corrected chi connectivity index (χ2v) is 14.8. The Morgan fingerprint density at radius 1 is 1.04 bits per heavy atom. The number of aromatic nitrogens is 3. The number of aliphatic imine (C=N–C) groups is 1. The monoisotopic (exact) mass is 846 g/mol. The number of nitrogens with one attached hydrogen (secondary N) is 1. The minimum absolute atomic E-state index is 0.0103. The first kappa shape index (κ1) is 41.1. The summed E-state index contributed by atoms with van der Waals surface area (Å²) < 4.78 is 67.4. The average molecular weight is 848 g/mol. The van der Waals surface area contributed by atoms with Gasteiger partial charge in [-0.05, 0) is 47.9 Å². The van der Waals surface area contributed by atoms with E-state index in [0.29, 0.717) is 25.9 Å². The Hall–Kier alpha value is -5.09. The topological polar surface area (TPSA) is 128 Å². The van der Waals surface area contributed by atoms with Crippen LogP contribution in [-0.2, 0) is 31.2 Å². The molecular formula is C38H36BrClF4N6O5. The summed E-state index contributed by atoms with van der Waals surface area (Å²) in [6.07, 6.45) is -3.65. The van der Waals surface area contributed by atoms with E-state index in [1.165, 1.54) is 32.0 Å². The molecule has 0 saturated heterocycles. The van der Waals surface area contributed by atoms with Gasteiger partial charge in [0.1, 0.15) is 19.5 Å². The lowest BCUT2D eigenvalue weighted by Gasteiger charge is -2.32. The lowest BCUT2D eigenvalue weighted by Crippen LogP contribution is -2.49. The van der Waals surface area contributed by atoms with Gasteiger partial charge in [-0.2, -0.15) is 18.6 Å². The van der Waals surface area contributed by atoms with Crippen LogP contribution in [0.25, 0.3) is 11.4 Å². The number of hydrogen-bond donors (Lipinski definition) is 1. The molecule has 1 N–H and O–H groups in total. The van der Waals surface area contributed by atoms with Gasteiger partial charge in [0.15, 0.2) is 11.4 Å². The molecule has 0 radical (unpaired) electrons. The van der Waals surface area contributed by atoms with Gasteiger partial charge < -0.3 is 9.47 Å². The Morgan fingerprint density at radius 2 is 1.73 bits per heavy atom. The lowest BCUT2D eigenvalue weighted by atomic mass is 9.84. The van der Waals surface area contributed by atoms with E-state index < -0.39 is 61.0 Å². The van der Waals surface area contributed by atoms with Gasteiger partial charge in [-0.15, -0.1) is 6.58 Å². The molecule has 4 aromatic rings. The number of rotatable bonds is 14. The van der Waals surface area contributed by atoms with Crippen molar-refractivity contribution < 1.29 is 41.4 Å². The number of alkyl halides is 4. The van der Waals surface area contributed by atoms with E-state index in [0.717, 1.165) is 11.2 Å². The maximum atomic E-state index is 15.1. The van der Waals surface area contributed by atoms with Crippen LogP contribution in [0.3, 0.4) is 0 Å². The number of amides is 2. The zero-order valence-electron chi connectivity index (χ0n) is 29.8. The maximum absolute atomic E-state index is 15.1. The molecule has 0 aliphatic carbocycles. The molecule has 5 rings (SSSR count). The first-order valence-electron chi connectivity index (χ1n) is 16.8. The average Bonchev–Trinajstić information content (AvgIpc) is 3.72. The molecule has 17 heteroatoms. The van der Waals surface area contributed by atoms with Crippen LogP contribution in [-0.4, -0.2) is 56.6 Å². The molecule has 1 aromatic heterocycles. The summed E-state index contributed by atoms with van der Waals surface area (Å²) in [5.74, 6) is -2.33. The van der Waals surface area contributed by atoms with E-state index in [1.807, 2.05) is 0 Å². The number of carbonyl (C=O) groups excluding carboxylic acids is 3. The number of nitrogens with zero attached hydrogens (tertiary/aromatic N) is 5. The minimum Gasteiger partial charge on any atom is -0.463 e. The SMILES string of the molecule is C=C(C)C[C@]1(c2ccc(Br)cc2)N=C(NC(=O)OCc2ccccc2)N([C@H](COC(=O)CC(C)(C)C(F)F)c2ccc(Cl)c(-c3ncnn3C(F)F)c2)C1=O. The third-order valence-corrected chi connectivity index (χ3v) is 9.54. The molecule has 55 heavy (non-hydrogen) atoms. The van der Waals surface area contributed by atoms with Crippen molar-refractivity contribution in [1.29, 1.82) is 0 Å². The third kappa shape index (κ3) is 9.42. The van der Waals surface area contributed by atoms with Gasteiger partial charge in [0.2, 0.25) is 12.4 Å². The van der Waals surface area contributed by atoms with Gasteiger partial charge in [-0.25, -0.2) is 23.6 Å². The van der Waals surface area contributed by atoms with Gasteiger partial charge >= 0.3 is 18.6 Å². The predicted octanol–water partition coefficient (Wildman–Crippen LogP) is 9.01. The fraction of sp³-hybridized carbons (Fsp3) is 0.316. The fourth-order valence-corrected chi connectivity index (χ4v) is 6.34. The Kier molecular flexibility index (Phi) is 12.8. The van der Waals surface area contributed by atoms with Crippen molar-refractivity contribution in [1.82, 2.24) is 25.0 Å². The van der Waals surface area contributed by atoms with Crippen LogP contribution in [0.5, 0.6) is 0 Å². The molecule has 3 aromatic carbocycles. The van der Waals surface area contributed by atoms with Crippen LogP contribution in [0.1, 0.15) is 62.9 Å². The van der Waals surface area contributed by atoms with Crippen LogP contribution in [0.15, 0.2) is 101 Å². The summed E-state index contributed by atoms with van der Waals surface area (Å²) in [6.45, 7) is 4.23. The number of guanidine groups is 1. The molecule has 0 fully saturated rings. The Bertz CT molecular complexity index is 2080. The molecule has 1 aliphatic heterocycles. The molecule has 0 saturated carbocycles. The van der Waals surface area contributed by atoms with Crippen molar-refractivity contribution >= 4 is 51.5 Å². The van der Waals surface area contributed by atoms with Gasteiger partial charge in [0, 0.05) is 21.9 Å². The predicted molar refractivity (Wildman–Crippen MR) is 199 cm³/mol. The number of hydrogen-bond acceptors (Lipinski definition) is 8. The Balaban J connectivity index is 1.65. The summed E-state index contributed by atoms with van der Waals surface area (Å²) >= 11 is 9.90. The van der Waals surface area contributed by atoms with Crippen molar-refractivity contribution in [2.24, 2.45) is 10.4 Å². The van der Waals surface area contributed by atoms with Crippen molar-refractivity contribution in [2.45, 2.75) is 64.8 Å². The Morgan fingerprint density at radius 3 is 2.36 bits per heavy atom. The number of ether oxygens (including phenoxy) is 2. The highest BCUT2D eigenvalue weighted by molar-refractivity contribution is 9.10. The van der Waals surface area contributed by atoms with Crippen LogP contribution < -0.4 is 5.32 Å². The molecule has 2 amide bonds. The second-order valence-electron chi connectivity index (χ2n) is 13.5. The number of benzene rings is 3. The smallest absolute Gasteiger partial charge is 0.414 e. The van der Waals surface area contributed by atoms with Gasteiger partial charge in [-0.3, -0.25) is 19.8 Å². The minimum atomic E-state index is -3.09. The Labute approximate surface area is 327 Å². The van der Waals surface area contributed by atoms with E-state index in [4.69, 9.17) is 26.1 Å². The summed E-state index contributed by atoms with van der Waals surface area (Å²) in [4.78, 5) is 51.5. The number of carbonyl (C=O) groups is 3. The zero-order valence-corrected chi connectivity index (χ0v) is 32.2. The first-order chi connectivity index (χ1) is 26.0. The van der Waals surface area contributed by atoms with E-state index in [1.54, 1.807) is 61.5 Å². The van der Waals surface area contributed by atoms with Crippen molar-refractivity contribution in [3.8, 4) is 11.4 Å². The van der Waals surface area contributed by atoms with Crippen LogP contribution in [0.2, 0.25) is 5.02 Å². The molecule has 11 nitrogen and oxygen atoms in total. The number of halogens is 6.